The van der Waals surface area contributed by atoms with Crippen LogP contribution in [0.3, 0.4) is 0 Å². The molecule has 1 amide bonds. The van der Waals surface area contributed by atoms with E-state index in [0.717, 1.165) is 0 Å². The van der Waals surface area contributed by atoms with Crippen LogP contribution in [-0.2, 0) is 9.53 Å². The van der Waals surface area contributed by atoms with Gasteiger partial charge in [0, 0.05) is 0 Å². The van der Waals surface area contributed by atoms with Gasteiger partial charge in [-0.3, -0.25) is 5.32 Å². The predicted octanol–water partition coefficient (Wildman–Crippen LogP) is 2.36. The third-order valence-electron chi connectivity index (χ3n) is 2.82. The summed E-state index contributed by atoms with van der Waals surface area (Å²) in [5.41, 5.74) is 0. The molecule has 126 valence electrons. The highest BCUT2D eigenvalue weighted by Gasteiger charge is 2.07. The van der Waals surface area contributed by atoms with Gasteiger partial charge in [-0.25, -0.2) is 9.59 Å². The molecule has 0 aliphatic rings. The quantitative estimate of drug-likeness (QED) is 0.619. The van der Waals surface area contributed by atoms with Gasteiger partial charge < -0.3 is 18.9 Å². The van der Waals surface area contributed by atoms with Crippen molar-refractivity contribution in [3.63, 3.8) is 0 Å². The number of carbonyl (C=O) groups is 2. The molecule has 24 heavy (non-hydrogen) atoms. The number of hydrogen-bond donors (Lipinski definition) is 1. The number of benzene rings is 2. The van der Waals surface area contributed by atoms with Gasteiger partial charge in [0.25, 0.3) is 0 Å². The van der Waals surface area contributed by atoms with Crippen LogP contribution in [-0.4, -0.2) is 32.5 Å². The summed E-state index contributed by atoms with van der Waals surface area (Å²) >= 11 is 0. The number of ether oxygens (including phenoxy) is 4. The summed E-state index contributed by atoms with van der Waals surface area (Å²) in [6.45, 7) is -0.564. The standard InChI is InChI=1S/C17H17NO6/c1-21-13-7-9-15(10-8-13)24-17(20)18-12-23-16(19)11-22-14-5-3-2-4-6-14/h2-10H,11-12H2,1H3,(H,18,20). The minimum atomic E-state index is -0.739. The van der Waals surface area contributed by atoms with E-state index in [-0.39, 0.29) is 13.3 Å². The summed E-state index contributed by atoms with van der Waals surface area (Å²) in [6, 6.07) is 15.3. The Bertz CT molecular complexity index is 657. The van der Waals surface area contributed by atoms with Crippen LogP contribution in [0.25, 0.3) is 0 Å². The average Bonchev–Trinajstić information content (AvgIpc) is 2.61. The molecule has 0 spiro atoms. The zero-order valence-corrected chi connectivity index (χ0v) is 13.1. The number of carbonyl (C=O) groups excluding carboxylic acids is 2. The van der Waals surface area contributed by atoms with Gasteiger partial charge in [0.05, 0.1) is 7.11 Å². The number of esters is 1. The molecule has 0 saturated carbocycles. The van der Waals surface area contributed by atoms with Gasteiger partial charge in [-0.2, -0.15) is 0 Å². The molecule has 0 radical (unpaired) electrons. The highest BCUT2D eigenvalue weighted by molar-refractivity contribution is 5.72. The number of nitrogens with one attached hydrogen (secondary N) is 1. The summed E-state index contributed by atoms with van der Waals surface area (Å²) in [5.74, 6) is 0.937. The van der Waals surface area contributed by atoms with Gasteiger partial charge in [0.2, 0.25) is 0 Å². The van der Waals surface area contributed by atoms with Crippen LogP contribution in [0.1, 0.15) is 0 Å². The highest BCUT2D eigenvalue weighted by Crippen LogP contribution is 2.16. The van der Waals surface area contributed by atoms with E-state index in [1.807, 2.05) is 6.07 Å². The first kappa shape index (κ1) is 17.1. The lowest BCUT2D eigenvalue weighted by atomic mass is 10.3. The van der Waals surface area contributed by atoms with Gasteiger partial charge in [-0.1, -0.05) is 18.2 Å². The van der Waals surface area contributed by atoms with Crippen molar-refractivity contribution in [2.24, 2.45) is 0 Å². The zero-order chi connectivity index (χ0) is 17.2. The maximum atomic E-state index is 11.5. The third-order valence-corrected chi connectivity index (χ3v) is 2.82. The Morgan fingerprint density at radius 2 is 1.58 bits per heavy atom. The molecule has 2 aromatic carbocycles. The Labute approximate surface area is 139 Å². The summed E-state index contributed by atoms with van der Waals surface area (Å²) in [7, 11) is 1.54. The van der Waals surface area contributed by atoms with Gasteiger partial charge >= 0.3 is 12.1 Å². The van der Waals surface area contributed by atoms with E-state index < -0.39 is 12.1 Å². The number of para-hydroxylation sites is 1. The monoisotopic (exact) mass is 331 g/mol. The molecule has 2 rings (SSSR count). The lowest BCUT2D eigenvalue weighted by Crippen LogP contribution is -2.31. The van der Waals surface area contributed by atoms with E-state index in [1.165, 1.54) is 0 Å². The Kier molecular flexibility index (Phi) is 6.46. The predicted molar refractivity (Wildman–Crippen MR) is 85.0 cm³/mol. The Morgan fingerprint density at radius 3 is 2.25 bits per heavy atom. The fraction of sp³-hybridized carbons (Fsp3) is 0.176. The van der Waals surface area contributed by atoms with Crippen molar-refractivity contribution < 1.29 is 28.5 Å². The number of hydrogen-bond acceptors (Lipinski definition) is 6. The van der Waals surface area contributed by atoms with Crippen molar-refractivity contribution in [2.75, 3.05) is 20.4 Å². The van der Waals surface area contributed by atoms with Crippen molar-refractivity contribution >= 4 is 12.1 Å². The van der Waals surface area contributed by atoms with Crippen LogP contribution in [0.5, 0.6) is 17.2 Å². The van der Waals surface area contributed by atoms with Gasteiger partial charge in [0.15, 0.2) is 13.3 Å². The van der Waals surface area contributed by atoms with E-state index in [9.17, 15) is 9.59 Å². The molecule has 0 fully saturated rings. The molecule has 0 aliphatic carbocycles. The topological polar surface area (TPSA) is 83.1 Å². The minimum Gasteiger partial charge on any atom is -0.497 e. The Hall–Kier alpha value is -3.22. The Morgan fingerprint density at radius 1 is 0.917 bits per heavy atom. The van der Waals surface area contributed by atoms with Gasteiger partial charge in [0.1, 0.15) is 17.2 Å². The van der Waals surface area contributed by atoms with Crippen LogP contribution in [0, 0.1) is 0 Å². The SMILES string of the molecule is COc1ccc(OC(=O)NCOC(=O)COc2ccccc2)cc1. The fourth-order valence-corrected chi connectivity index (χ4v) is 1.66. The molecule has 7 nitrogen and oxygen atoms in total. The van der Waals surface area contributed by atoms with E-state index in [4.69, 9.17) is 18.9 Å². The van der Waals surface area contributed by atoms with Gasteiger partial charge in [-0.15, -0.1) is 0 Å². The second-order valence-corrected chi connectivity index (χ2v) is 4.50. The highest BCUT2D eigenvalue weighted by atomic mass is 16.6. The molecule has 0 atom stereocenters. The molecule has 0 unspecified atom stereocenters. The average molecular weight is 331 g/mol. The molecular weight excluding hydrogens is 314 g/mol. The van der Waals surface area contributed by atoms with Crippen molar-refractivity contribution in [2.45, 2.75) is 0 Å². The molecule has 0 aliphatic heterocycles. The number of rotatable bonds is 7. The zero-order valence-electron chi connectivity index (χ0n) is 13.1. The molecule has 0 bridgehead atoms. The van der Waals surface area contributed by atoms with Crippen LogP contribution < -0.4 is 19.5 Å². The molecular formula is C17H17NO6. The largest absolute Gasteiger partial charge is 0.497 e. The van der Waals surface area contributed by atoms with Crippen molar-refractivity contribution in [3.05, 3.63) is 54.6 Å². The molecule has 7 heteroatoms. The molecule has 0 heterocycles. The normalized spacial score (nSPS) is 9.71. The summed E-state index contributed by atoms with van der Waals surface area (Å²) in [6.07, 6.45) is -0.739. The molecule has 1 N–H and O–H groups in total. The van der Waals surface area contributed by atoms with Crippen LogP contribution in [0.4, 0.5) is 4.79 Å². The lowest BCUT2D eigenvalue weighted by molar-refractivity contribution is -0.146. The van der Waals surface area contributed by atoms with Crippen molar-refractivity contribution in [3.8, 4) is 17.2 Å². The van der Waals surface area contributed by atoms with Crippen molar-refractivity contribution in [1.82, 2.24) is 5.32 Å². The number of amides is 1. The number of methoxy groups -OCH3 is 1. The maximum absolute atomic E-state index is 11.5. The van der Waals surface area contributed by atoms with E-state index in [0.29, 0.717) is 17.2 Å². The molecule has 2 aromatic rings. The first-order valence-corrected chi connectivity index (χ1v) is 7.10. The molecule has 0 saturated heterocycles. The van der Waals surface area contributed by atoms with Crippen LogP contribution >= 0.6 is 0 Å². The van der Waals surface area contributed by atoms with E-state index in [2.05, 4.69) is 5.32 Å². The Balaban J connectivity index is 1.63. The lowest BCUT2D eigenvalue weighted by Gasteiger charge is -2.09. The van der Waals surface area contributed by atoms with E-state index >= 15 is 0 Å². The minimum absolute atomic E-state index is 0.251. The summed E-state index contributed by atoms with van der Waals surface area (Å²) in [5, 5.41) is 2.30. The first-order chi connectivity index (χ1) is 11.7. The van der Waals surface area contributed by atoms with Crippen LogP contribution in [0.2, 0.25) is 0 Å². The van der Waals surface area contributed by atoms with Crippen LogP contribution in [0.15, 0.2) is 54.6 Å². The third kappa shape index (κ3) is 5.88. The smallest absolute Gasteiger partial charge is 0.415 e. The van der Waals surface area contributed by atoms with E-state index in [1.54, 1.807) is 55.6 Å². The van der Waals surface area contributed by atoms with Gasteiger partial charge in [-0.05, 0) is 36.4 Å². The maximum Gasteiger partial charge on any atom is 0.415 e. The van der Waals surface area contributed by atoms with Crippen molar-refractivity contribution in [1.29, 1.82) is 0 Å². The second kappa shape index (κ2) is 9.04. The summed E-state index contributed by atoms with van der Waals surface area (Å²) < 4.78 is 20.0. The fourth-order valence-electron chi connectivity index (χ4n) is 1.66. The first-order valence-electron chi connectivity index (χ1n) is 7.10. The summed E-state index contributed by atoms with van der Waals surface area (Å²) in [4.78, 5) is 23.0. The molecule has 0 aromatic heterocycles. The second-order valence-electron chi connectivity index (χ2n) is 4.50.